The van der Waals surface area contributed by atoms with Gasteiger partial charge in [0, 0.05) is 49.6 Å². The number of aryl methyl sites for hydroxylation is 2. The Labute approximate surface area is 159 Å². The Morgan fingerprint density at radius 2 is 1.77 bits per heavy atom. The lowest BCUT2D eigenvalue weighted by molar-refractivity contribution is 0.521. The number of benzene rings is 1. The Balaban J connectivity index is 1.48. The molecule has 3 heterocycles. The minimum Gasteiger partial charge on any atom is -0.371 e. The predicted molar refractivity (Wildman–Crippen MR) is 102 cm³/mol. The lowest BCUT2D eigenvalue weighted by Gasteiger charge is -2.18. The molecule has 0 N–H and O–H groups in total. The Hall–Kier alpha value is -1.89. The van der Waals surface area contributed by atoms with Crippen LogP contribution < -0.4 is 4.90 Å². The first kappa shape index (κ1) is 17.5. The van der Waals surface area contributed by atoms with Gasteiger partial charge in [0.25, 0.3) is 0 Å². The fourth-order valence-corrected chi connectivity index (χ4v) is 4.01. The largest absolute Gasteiger partial charge is 0.371 e. The van der Waals surface area contributed by atoms with Crippen molar-refractivity contribution in [1.29, 1.82) is 0 Å². The number of aromatic nitrogens is 3. The van der Waals surface area contributed by atoms with E-state index in [1.54, 1.807) is 22.9 Å². The minimum atomic E-state index is -0.351. The second kappa shape index (κ2) is 7.39. The predicted octanol–water partition coefficient (Wildman–Crippen LogP) is 4.96. The van der Waals surface area contributed by atoms with Gasteiger partial charge in [-0.3, -0.25) is 4.68 Å². The van der Waals surface area contributed by atoms with Crippen molar-refractivity contribution in [2.75, 3.05) is 18.0 Å². The number of anilines is 1. The Morgan fingerprint density at radius 1 is 1.00 bits per heavy atom. The minimum absolute atomic E-state index is 0.343. The highest BCUT2D eigenvalue weighted by Crippen LogP contribution is 2.30. The third-order valence-corrected chi connectivity index (χ3v) is 5.38. The molecule has 0 bridgehead atoms. The maximum Gasteiger partial charge on any atom is 0.149 e. The average molecular weight is 423 g/mol. The summed E-state index contributed by atoms with van der Waals surface area (Å²) >= 11 is 3.37. The molecule has 0 saturated carbocycles. The standard InChI is InChI=1S/C19H21BrF2N4/c20-14-11-23-26(12-14)8-4-3-7-25-13-18(22)16-9-15(10-17(21)19(16)25)24-5-1-2-6-24/h9-13H,1-8H2. The smallest absolute Gasteiger partial charge is 0.149 e. The summed E-state index contributed by atoms with van der Waals surface area (Å²) in [5, 5.41) is 4.59. The van der Waals surface area contributed by atoms with E-state index in [2.05, 4.69) is 25.9 Å². The van der Waals surface area contributed by atoms with Gasteiger partial charge in [0.15, 0.2) is 0 Å². The van der Waals surface area contributed by atoms with Gasteiger partial charge in [0.2, 0.25) is 0 Å². The first-order chi connectivity index (χ1) is 12.6. The van der Waals surface area contributed by atoms with Crippen molar-refractivity contribution in [3.05, 3.63) is 46.8 Å². The molecule has 26 heavy (non-hydrogen) atoms. The summed E-state index contributed by atoms with van der Waals surface area (Å²) in [6.07, 6.45) is 9.03. The van der Waals surface area contributed by atoms with Gasteiger partial charge in [-0.25, -0.2) is 8.78 Å². The molecule has 0 amide bonds. The molecular formula is C19H21BrF2N4. The molecule has 1 aromatic carbocycles. The molecule has 1 saturated heterocycles. The van der Waals surface area contributed by atoms with Crippen molar-refractivity contribution in [2.45, 2.75) is 38.8 Å². The van der Waals surface area contributed by atoms with E-state index < -0.39 is 0 Å². The molecule has 0 atom stereocenters. The van der Waals surface area contributed by atoms with Crippen LogP contribution in [0.1, 0.15) is 25.7 Å². The number of fused-ring (bicyclic) bond motifs is 1. The van der Waals surface area contributed by atoms with Gasteiger partial charge in [-0.15, -0.1) is 0 Å². The fraction of sp³-hybridized carbons (Fsp3) is 0.421. The maximum atomic E-state index is 14.7. The quantitative estimate of drug-likeness (QED) is 0.524. The van der Waals surface area contributed by atoms with E-state index in [0.29, 0.717) is 17.4 Å². The van der Waals surface area contributed by atoms with E-state index in [0.717, 1.165) is 55.5 Å². The molecule has 1 aliphatic heterocycles. The van der Waals surface area contributed by atoms with Crippen LogP contribution >= 0.6 is 15.9 Å². The molecule has 0 unspecified atom stereocenters. The number of hydrogen-bond donors (Lipinski definition) is 0. The topological polar surface area (TPSA) is 26.0 Å². The van der Waals surface area contributed by atoms with Crippen LogP contribution in [-0.4, -0.2) is 27.4 Å². The summed E-state index contributed by atoms with van der Waals surface area (Å²) in [6.45, 7) is 3.20. The molecule has 0 radical (unpaired) electrons. The van der Waals surface area contributed by atoms with Crippen molar-refractivity contribution < 1.29 is 8.78 Å². The summed E-state index contributed by atoms with van der Waals surface area (Å²) < 4.78 is 33.6. The second-order valence-electron chi connectivity index (χ2n) is 6.82. The third kappa shape index (κ3) is 3.49. The Bertz CT molecular complexity index is 912. The van der Waals surface area contributed by atoms with E-state index in [1.165, 1.54) is 6.20 Å². The number of nitrogens with zero attached hydrogens (tertiary/aromatic N) is 4. The van der Waals surface area contributed by atoms with Crippen LogP contribution in [0.15, 0.2) is 35.2 Å². The fourth-order valence-electron chi connectivity index (χ4n) is 3.68. The van der Waals surface area contributed by atoms with Crippen LogP contribution in [0, 0.1) is 11.6 Å². The van der Waals surface area contributed by atoms with Gasteiger partial charge in [-0.05, 0) is 53.7 Å². The van der Waals surface area contributed by atoms with Crippen LogP contribution in [0.4, 0.5) is 14.5 Å². The molecule has 1 fully saturated rings. The van der Waals surface area contributed by atoms with Crippen LogP contribution in [0.3, 0.4) is 0 Å². The lowest BCUT2D eigenvalue weighted by Crippen LogP contribution is -2.17. The number of rotatable bonds is 6. The highest BCUT2D eigenvalue weighted by atomic mass is 79.9. The molecule has 1 aliphatic rings. The zero-order valence-electron chi connectivity index (χ0n) is 14.5. The van der Waals surface area contributed by atoms with E-state index in [9.17, 15) is 8.78 Å². The Morgan fingerprint density at radius 3 is 2.50 bits per heavy atom. The van der Waals surface area contributed by atoms with Gasteiger partial charge in [-0.2, -0.15) is 5.10 Å². The average Bonchev–Trinajstić information content (AvgIpc) is 3.33. The highest BCUT2D eigenvalue weighted by Gasteiger charge is 2.18. The second-order valence-corrected chi connectivity index (χ2v) is 7.73. The third-order valence-electron chi connectivity index (χ3n) is 4.97. The van der Waals surface area contributed by atoms with Gasteiger partial charge >= 0.3 is 0 Å². The normalized spacial score (nSPS) is 14.7. The number of unbranched alkanes of at least 4 members (excludes halogenated alkanes) is 1. The first-order valence-electron chi connectivity index (χ1n) is 9.02. The van der Waals surface area contributed by atoms with Crippen LogP contribution in [0.5, 0.6) is 0 Å². The van der Waals surface area contributed by atoms with Crippen molar-refractivity contribution in [3.63, 3.8) is 0 Å². The number of halogens is 3. The molecule has 138 valence electrons. The van der Waals surface area contributed by atoms with Gasteiger partial charge in [-0.1, -0.05) is 0 Å². The van der Waals surface area contributed by atoms with Crippen molar-refractivity contribution in [1.82, 2.24) is 14.3 Å². The van der Waals surface area contributed by atoms with Crippen LogP contribution in [-0.2, 0) is 13.1 Å². The molecular weight excluding hydrogens is 402 g/mol. The van der Waals surface area contributed by atoms with E-state index in [4.69, 9.17) is 0 Å². The number of hydrogen-bond acceptors (Lipinski definition) is 2. The van der Waals surface area contributed by atoms with Crippen LogP contribution in [0.2, 0.25) is 0 Å². The maximum absolute atomic E-state index is 14.7. The summed E-state index contributed by atoms with van der Waals surface area (Å²) in [5.74, 6) is -0.694. The van der Waals surface area contributed by atoms with Gasteiger partial charge in [0.05, 0.1) is 16.2 Å². The summed E-state index contributed by atoms with van der Waals surface area (Å²) in [5.41, 5.74) is 1.15. The zero-order chi connectivity index (χ0) is 18.1. The molecule has 4 nitrogen and oxygen atoms in total. The van der Waals surface area contributed by atoms with E-state index >= 15 is 0 Å². The molecule has 2 aromatic heterocycles. The van der Waals surface area contributed by atoms with Crippen molar-refractivity contribution in [3.8, 4) is 0 Å². The lowest BCUT2D eigenvalue weighted by atomic mass is 10.2. The SMILES string of the molecule is Fc1cn(CCCCn2cc(Br)cn2)c2c(F)cc(N3CCCC3)cc12. The Kier molecular flexibility index (Phi) is 4.98. The van der Waals surface area contributed by atoms with Crippen LogP contribution in [0.25, 0.3) is 10.9 Å². The van der Waals surface area contributed by atoms with Crippen molar-refractivity contribution in [2.24, 2.45) is 0 Å². The molecule has 0 aliphatic carbocycles. The molecule has 3 aromatic rings. The summed E-state index contributed by atoms with van der Waals surface area (Å²) in [6, 6.07) is 3.34. The zero-order valence-corrected chi connectivity index (χ0v) is 16.1. The first-order valence-corrected chi connectivity index (χ1v) is 9.82. The van der Waals surface area contributed by atoms with Crippen molar-refractivity contribution >= 4 is 32.5 Å². The molecule has 4 rings (SSSR count). The van der Waals surface area contributed by atoms with E-state index in [1.807, 2.05) is 10.9 Å². The van der Waals surface area contributed by atoms with Gasteiger partial charge < -0.3 is 9.47 Å². The summed E-state index contributed by atoms with van der Waals surface area (Å²) in [4.78, 5) is 2.13. The molecule has 7 heteroatoms. The van der Waals surface area contributed by atoms with Gasteiger partial charge in [0.1, 0.15) is 11.6 Å². The highest BCUT2D eigenvalue weighted by molar-refractivity contribution is 9.10. The molecule has 0 spiro atoms. The summed E-state index contributed by atoms with van der Waals surface area (Å²) in [7, 11) is 0. The monoisotopic (exact) mass is 422 g/mol. The van der Waals surface area contributed by atoms with E-state index in [-0.39, 0.29) is 11.6 Å².